The highest BCUT2D eigenvalue weighted by atomic mass is 16.1. The number of carbonyl (C=O) groups excluding carboxylic acids is 1. The SMILES string of the molecule is Nc1ccc(C(=O)NC2CCCc3ccccc32)nc1. The molecule has 3 rings (SSSR count). The molecule has 102 valence electrons. The Hall–Kier alpha value is -2.36. The van der Waals surface area contributed by atoms with Crippen molar-refractivity contribution >= 4 is 11.6 Å². The summed E-state index contributed by atoms with van der Waals surface area (Å²) in [5.74, 6) is -0.147. The number of rotatable bonds is 2. The minimum atomic E-state index is -0.147. The molecule has 1 aliphatic carbocycles. The van der Waals surface area contributed by atoms with Gasteiger partial charge in [-0.2, -0.15) is 0 Å². The number of anilines is 1. The van der Waals surface area contributed by atoms with Crippen molar-refractivity contribution < 1.29 is 4.79 Å². The van der Waals surface area contributed by atoms with Crippen molar-refractivity contribution in [1.82, 2.24) is 10.3 Å². The van der Waals surface area contributed by atoms with Crippen LogP contribution in [0.1, 0.15) is 40.5 Å². The van der Waals surface area contributed by atoms with E-state index < -0.39 is 0 Å². The zero-order valence-electron chi connectivity index (χ0n) is 11.2. The summed E-state index contributed by atoms with van der Waals surface area (Å²) in [6.07, 6.45) is 4.65. The van der Waals surface area contributed by atoms with Gasteiger partial charge < -0.3 is 11.1 Å². The van der Waals surface area contributed by atoms with Crippen molar-refractivity contribution in [1.29, 1.82) is 0 Å². The Bertz CT molecular complexity index is 622. The molecule has 1 atom stereocenters. The second-order valence-corrected chi connectivity index (χ2v) is 5.09. The van der Waals surface area contributed by atoms with Crippen LogP contribution in [0.5, 0.6) is 0 Å². The molecule has 0 radical (unpaired) electrons. The van der Waals surface area contributed by atoms with E-state index in [2.05, 4.69) is 22.4 Å². The average Bonchev–Trinajstić information content (AvgIpc) is 2.48. The molecule has 1 amide bonds. The van der Waals surface area contributed by atoms with Crippen molar-refractivity contribution in [2.75, 3.05) is 5.73 Å². The van der Waals surface area contributed by atoms with Crippen LogP contribution >= 0.6 is 0 Å². The number of hydrogen-bond acceptors (Lipinski definition) is 3. The van der Waals surface area contributed by atoms with Crippen molar-refractivity contribution in [3.8, 4) is 0 Å². The number of nitrogens with zero attached hydrogens (tertiary/aromatic N) is 1. The van der Waals surface area contributed by atoms with Gasteiger partial charge in [-0.05, 0) is 42.5 Å². The molecule has 4 heteroatoms. The molecule has 20 heavy (non-hydrogen) atoms. The van der Waals surface area contributed by atoms with Crippen LogP contribution in [0.25, 0.3) is 0 Å². The second kappa shape index (κ2) is 5.33. The summed E-state index contributed by atoms with van der Waals surface area (Å²) in [4.78, 5) is 16.3. The summed E-state index contributed by atoms with van der Waals surface area (Å²) in [6, 6.07) is 11.7. The number of aromatic nitrogens is 1. The van der Waals surface area contributed by atoms with E-state index >= 15 is 0 Å². The van der Waals surface area contributed by atoms with Crippen molar-refractivity contribution in [2.45, 2.75) is 25.3 Å². The first kappa shape index (κ1) is 12.7. The standard InChI is InChI=1S/C16H17N3O/c17-12-8-9-15(18-10-12)16(20)19-14-7-3-5-11-4-1-2-6-13(11)14/h1-2,4,6,8-10,14H,3,5,7,17H2,(H,19,20). The molecule has 3 N–H and O–H groups in total. The van der Waals surface area contributed by atoms with E-state index in [1.54, 1.807) is 12.1 Å². The molecule has 2 aromatic rings. The summed E-state index contributed by atoms with van der Waals surface area (Å²) in [7, 11) is 0. The zero-order chi connectivity index (χ0) is 13.9. The highest BCUT2D eigenvalue weighted by Gasteiger charge is 2.22. The average molecular weight is 267 g/mol. The first-order valence-corrected chi connectivity index (χ1v) is 6.84. The van der Waals surface area contributed by atoms with Gasteiger partial charge >= 0.3 is 0 Å². The van der Waals surface area contributed by atoms with Gasteiger partial charge in [-0.1, -0.05) is 24.3 Å². The molecular formula is C16H17N3O. The highest BCUT2D eigenvalue weighted by Crippen LogP contribution is 2.29. The molecule has 0 aliphatic heterocycles. The maximum atomic E-state index is 12.2. The van der Waals surface area contributed by atoms with Gasteiger partial charge in [0.25, 0.3) is 5.91 Å². The van der Waals surface area contributed by atoms with Crippen LogP contribution in [-0.4, -0.2) is 10.9 Å². The molecular weight excluding hydrogens is 250 g/mol. The number of pyridine rings is 1. The molecule has 0 spiro atoms. The van der Waals surface area contributed by atoms with Crippen molar-refractivity contribution in [3.63, 3.8) is 0 Å². The fraction of sp³-hybridized carbons (Fsp3) is 0.250. The molecule has 4 nitrogen and oxygen atoms in total. The predicted molar refractivity (Wildman–Crippen MR) is 78.2 cm³/mol. The quantitative estimate of drug-likeness (QED) is 0.878. The third kappa shape index (κ3) is 2.50. The lowest BCUT2D eigenvalue weighted by atomic mass is 9.87. The van der Waals surface area contributed by atoms with Crippen molar-refractivity contribution in [3.05, 3.63) is 59.4 Å². The summed E-state index contributed by atoms with van der Waals surface area (Å²) in [5.41, 5.74) is 9.10. The minimum absolute atomic E-state index is 0.0757. The lowest BCUT2D eigenvalue weighted by Crippen LogP contribution is -2.31. The number of amides is 1. The van der Waals surface area contributed by atoms with E-state index in [0.29, 0.717) is 11.4 Å². The number of carbonyl (C=O) groups is 1. The monoisotopic (exact) mass is 267 g/mol. The van der Waals surface area contributed by atoms with Gasteiger partial charge in [-0.15, -0.1) is 0 Å². The molecule has 1 unspecified atom stereocenters. The third-order valence-corrected chi connectivity index (χ3v) is 3.69. The van der Waals surface area contributed by atoms with E-state index in [0.717, 1.165) is 19.3 Å². The molecule has 0 saturated heterocycles. The van der Waals surface area contributed by atoms with E-state index in [9.17, 15) is 4.79 Å². The summed E-state index contributed by atoms with van der Waals surface area (Å²) >= 11 is 0. The molecule has 1 aliphatic rings. The van der Waals surface area contributed by atoms with Gasteiger partial charge in [0.2, 0.25) is 0 Å². The van der Waals surface area contributed by atoms with Gasteiger partial charge in [0, 0.05) is 0 Å². The number of nitrogen functional groups attached to an aromatic ring is 1. The van der Waals surface area contributed by atoms with Crippen LogP contribution in [0.15, 0.2) is 42.6 Å². The Labute approximate surface area is 118 Å². The number of nitrogens with two attached hydrogens (primary N) is 1. The van der Waals surface area contributed by atoms with Crippen LogP contribution in [-0.2, 0) is 6.42 Å². The first-order valence-electron chi connectivity index (χ1n) is 6.84. The van der Waals surface area contributed by atoms with E-state index in [-0.39, 0.29) is 11.9 Å². The van der Waals surface area contributed by atoms with E-state index in [4.69, 9.17) is 5.73 Å². The Morgan fingerprint density at radius 2 is 2.10 bits per heavy atom. The van der Waals surface area contributed by atoms with Gasteiger partial charge in [-0.3, -0.25) is 4.79 Å². The fourth-order valence-electron chi connectivity index (χ4n) is 2.68. The molecule has 0 saturated carbocycles. The Kier molecular flexibility index (Phi) is 3.37. The Morgan fingerprint density at radius 1 is 1.25 bits per heavy atom. The second-order valence-electron chi connectivity index (χ2n) is 5.09. The largest absolute Gasteiger partial charge is 0.397 e. The summed E-state index contributed by atoms with van der Waals surface area (Å²) in [5, 5.41) is 3.07. The molecule has 0 fully saturated rings. The topological polar surface area (TPSA) is 68.0 Å². The van der Waals surface area contributed by atoms with Gasteiger partial charge in [0.15, 0.2) is 0 Å². The number of aryl methyl sites for hydroxylation is 1. The fourth-order valence-corrected chi connectivity index (χ4v) is 2.68. The molecule has 1 heterocycles. The Balaban J connectivity index is 1.79. The first-order chi connectivity index (χ1) is 9.74. The summed E-state index contributed by atoms with van der Waals surface area (Å²) in [6.45, 7) is 0. The third-order valence-electron chi connectivity index (χ3n) is 3.69. The van der Waals surface area contributed by atoms with Gasteiger partial charge in [0.1, 0.15) is 5.69 Å². The molecule has 1 aromatic heterocycles. The Morgan fingerprint density at radius 3 is 2.90 bits per heavy atom. The number of fused-ring (bicyclic) bond motifs is 1. The minimum Gasteiger partial charge on any atom is -0.397 e. The number of benzene rings is 1. The highest BCUT2D eigenvalue weighted by molar-refractivity contribution is 5.92. The molecule has 0 bridgehead atoms. The maximum absolute atomic E-state index is 12.2. The van der Waals surface area contributed by atoms with Crippen molar-refractivity contribution in [2.24, 2.45) is 0 Å². The van der Waals surface area contributed by atoms with Crippen LogP contribution in [0.2, 0.25) is 0 Å². The van der Waals surface area contributed by atoms with E-state index in [1.165, 1.54) is 17.3 Å². The van der Waals surface area contributed by atoms with Gasteiger partial charge in [0.05, 0.1) is 17.9 Å². The lowest BCUT2D eigenvalue weighted by molar-refractivity contribution is 0.0928. The van der Waals surface area contributed by atoms with Gasteiger partial charge in [-0.25, -0.2) is 4.98 Å². The molecule has 1 aromatic carbocycles. The maximum Gasteiger partial charge on any atom is 0.270 e. The zero-order valence-corrected chi connectivity index (χ0v) is 11.2. The van der Waals surface area contributed by atoms with Crippen LogP contribution in [0, 0.1) is 0 Å². The van der Waals surface area contributed by atoms with Crippen LogP contribution in [0.3, 0.4) is 0 Å². The van der Waals surface area contributed by atoms with E-state index in [1.807, 2.05) is 12.1 Å². The smallest absolute Gasteiger partial charge is 0.270 e. The van der Waals surface area contributed by atoms with Crippen LogP contribution < -0.4 is 11.1 Å². The lowest BCUT2D eigenvalue weighted by Gasteiger charge is -2.26. The summed E-state index contributed by atoms with van der Waals surface area (Å²) < 4.78 is 0. The number of nitrogens with one attached hydrogen (secondary N) is 1. The normalized spacial score (nSPS) is 17.3. The number of hydrogen-bond donors (Lipinski definition) is 2. The van der Waals surface area contributed by atoms with Crippen LogP contribution in [0.4, 0.5) is 5.69 Å². The predicted octanol–water partition coefficient (Wildman–Crippen LogP) is 2.47.